The molecule has 0 saturated heterocycles. The predicted molar refractivity (Wildman–Crippen MR) is 86.3 cm³/mol. The summed E-state index contributed by atoms with van der Waals surface area (Å²) in [7, 11) is 0. The lowest BCUT2D eigenvalue weighted by atomic mass is 10.2. The van der Waals surface area contributed by atoms with Gasteiger partial charge in [-0.2, -0.15) is 0 Å². The molecule has 98 valence electrons. The van der Waals surface area contributed by atoms with E-state index < -0.39 is 0 Å². The lowest BCUT2D eigenvalue weighted by molar-refractivity contribution is 0.102. The molecule has 0 radical (unpaired) electrons. The van der Waals surface area contributed by atoms with Crippen LogP contribution in [0.25, 0.3) is 0 Å². The molecule has 19 heavy (non-hydrogen) atoms. The minimum Gasteiger partial charge on any atom is -0.322 e. The number of hydrogen-bond acceptors (Lipinski definition) is 1. The lowest BCUT2D eigenvalue weighted by Crippen LogP contribution is -2.12. The van der Waals surface area contributed by atoms with Crippen LogP contribution < -0.4 is 5.32 Å². The summed E-state index contributed by atoms with van der Waals surface area (Å²) < 4.78 is 1.46. The van der Waals surface area contributed by atoms with Crippen molar-refractivity contribution in [3.05, 3.63) is 61.0 Å². The molecular weight excluding hydrogens is 417 g/mol. The molecule has 2 aromatic rings. The van der Waals surface area contributed by atoms with Crippen LogP contribution in [0.5, 0.6) is 0 Å². The summed E-state index contributed by atoms with van der Waals surface area (Å²) in [6.07, 6.45) is 0. The molecule has 0 aliphatic carbocycles. The molecule has 2 rings (SSSR count). The molecular formula is C13H7Br2Cl2NO. The van der Waals surface area contributed by atoms with Crippen molar-refractivity contribution in [2.45, 2.75) is 0 Å². The van der Waals surface area contributed by atoms with E-state index in [9.17, 15) is 4.79 Å². The van der Waals surface area contributed by atoms with Crippen molar-refractivity contribution in [2.24, 2.45) is 0 Å². The van der Waals surface area contributed by atoms with E-state index in [1.165, 1.54) is 0 Å². The summed E-state index contributed by atoms with van der Waals surface area (Å²) in [6.45, 7) is 0. The summed E-state index contributed by atoms with van der Waals surface area (Å²) in [4.78, 5) is 12.2. The van der Waals surface area contributed by atoms with Crippen LogP contribution in [0.4, 0.5) is 5.69 Å². The number of anilines is 1. The molecule has 0 unspecified atom stereocenters. The SMILES string of the molecule is O=C(Nc1ccc(Br)cc1)c1cc(Cl)cc(Cl)c1Br. The second kappa shape index (κ2) is 6.27. The van der Waals surface area contributed by atoms with Crippen LogP contribution in [0.3, 0.4) is 0 Å². The van der Waals surface area contributed by atoms with Crippen molar-refractivity contribution in [3.8, 4) is 0 Å². The first kappa shape index (κ1) is 14.9. The summed E-state index contributed by atoms with van der Waals surface area (Å²) in [5.74, 6) is -0.279. The summed E-state index contributed by atoms with van der Waals surface area (Å²) >= 11 is 18.5. The number of hydrogen-bond donors (Lipinski definition) is 1. The second-order valence-electron chi connectivity index (χ2n) is 3.71. The lowest BCUT2D eigenvalue weighted by Gasteiger charge is -2.08. The van der Waals surface area contributed by atoms with Crippen LogP contribution >= 0.6 is 55.1 Å². The largest absolute Gasteiger partial charge is 0.322 e. The van der Waals surface area contributed by atoms with E-state index in [2.05, 4.69) is 37.2 Å². The zero-order valence-corrected chi connectivity index (χ0v) is 14.1. The molecule has 0 bridgehead atoms. The smallest absolute Gasteiger partial charge is 0.256 e. The quantitative estimate of drug-likeness (QED) is 0.610. The molecule has 0 saturated carbocycles. The van der Waals surface area contributed by atoms with E-state index in [0.717, 1.165) is 4.47 Å². The predicted octanol–water partition coefficient (Wildman–Crippen LogP) is 5.77. The van der Waals surface area contributed by atoms with Gasteiger partial charge in [0.15, 0.2) is 0 Å². The van der Waals surface area contributed by atoms with Crippen LogP contribution in [0.1, 0.15) is 10.4 Å². The third-order valence-electron chi connectivity index (χ3n) is 2.34. The van der Waals surface area contributed by atoms with Crippen molar-refractivity contribution < 1.29 is 4.79 Å². The van der Waals surface area contributed by atoms with Crippen molar-refractivity contribution in [1.29, 1.82) is 0 Å². The van der Waals surface area contributed by atoms with Gasteiger partial charge in [0.05, 0.1) is 10.6 Å². The molecule has 0 heterocycles. The monoisotopic (exact) mass is 421 g/mol. The minimum atomic E-state index is -0.279. The highest BCUT2D eigenvalue weighted by Crippen LogP contribution is 2.30. The number of halogens is 4. The second-order valence-corrected chi connectivity index (χ2v) is 6.26. The maximum atomic E-state index is 12.2. The Balaban J connectivity index is 2.27. The number of rotatable bonds is 2. The van der Waals surface area contributed by atoms with Gasteiger partial charge in [0.1, 0.15) is 0 Å². The van der Waals surface area contributed by atoms with Gasteiger partial charge in [-0.15, -0.1) is 0 Å². The van der Waals surface area contributed by atoms with Crippen molar-refractivity contribution >= 4 is 66.7 Å². The molecule has 1 amide bonds. The van der Waals surface area contributed by atoms with E-state index in [1.54, 1.807) is 24.3 Å². The Kier molecular flexibility index (Phi) is 4.90. The van der Waals surface area contributed by atoms with Gasteiger partial charge in [-0.1, -0.05) is 39.1 Å². The summed E-state index contributed by atoms with van der Waals surface area (Å²) in [5.41, 5.74) is 1.08. The zero-order chi connectivity index (χ0) is 14.0. The van der Waals surface area contributed by atoms with Crippen LogP contribution in [0, 0.1) is 0 Å². The van der Waals surface area contributed by atoms with Gasteiger partial charge in [-0.3, -0.25) is 4.79 Å². The Labute approximate surface area is 137 Å². The summed E-state index contributed by atoms with van der Waals surface area (Å²) in [5, 5.41) is 3.58. The van der Waals surface area contributed by atoms with Crippen molar-refractivity contribution in [1.82, 2.24) is 0 Å². The Morgan fingerprint density at radius 1 is 1.05 bits per heavy atom. The van der Waals surface area contributed by atoms with Crippen LogP contribution in [0.15, 0.2) is 45.3 Å². The fourth-order valence-corrected chi connectivity index (χ4v) is 2.62. The first-order valence-electron chi connectivity index (χ1n) is 5.19. The summed E-state index contributed by atoms with van der Waals surface area (Å²) in [6, 6.07) is 10.4. The zero-order valence-electron chi connectivity index (χ0n) is 9.38. The highest BCUT2D eigenvalue weighted by molar-refractivity contribution is 9.10. The Morgan fingerprint density at radius 3 is 2.32 bits per heavy atom. The third-order valence-corrected chi connectivity index (χ3v) is 4.47. The van der Waals surface area contributed by atoms with Gasteiger partial charge in [0, 0.05) is 19.7 Å². The van der Waals surface area contributed by atoms with Crippen molar-refractivity contribution in [3.63, 3.8) is 0 Å². The van der Waals surface area contributed by atoms with E-state index in [1.807, 2.05) is 12.1 Å². The molecule has 1 N–H and O–H groups in total. The molecule has 0 aliphatic heterocycles. The number of benzene rings is 2. The van der Waals surface area contributed by atoms with E-state index in [0.29, 0.717) is 25.8 Å². The Morgan fingerprint density at radius 2 is 1.68 bits per heavy atom. The van der Waals surface area contributed by atoms with E-state index in [-0.39, 0.29) is 5.91 Å². The average Bonchev–Trinajstić information content (AvgIpc) is 2.36. The van der Waals surface area contributed by atoms with Crippen molar-refractivity contribution in [2.75, 3.05) is 5.32 Å². The fraction of sp³-hybridized carbons (Fsp3) is 0. The number of carbonyl (C=O) groups excluding carboxylic acids is 1. The van der Waals surface area contributed by atoms with Crippen LogP contribution in [0.2, 0.25) is 10.0 Å². The van der Waals surface area contributed by atoms with Crippen LogP contribution in [-0.4, -0.2) is 5.91 Å². The van der Waals surface area contributed by atoms with E-state index in [4.69, 9.17) is 23.2 Å². The van der Waals surface area contributed by atoms with Gasteiger partial charge in [0.25, 0.3) is 5.91 Å². The molecule has 0 aromatic heterocycles. The number of amides is 1. The standard InChI is InChI=1S/C13H7Br2Cl2NO/c14-7-1-3-9(4-2-7)18-13(19)10-5-8(16)6-11(17)12(10)15/h1-6H,(H,18,19). The molecule has 0 aliphatic rings. The van der Waals surface area contributed by atoms with Gasteiger partial charge in [-0.05, 0) is 52.3 Å². The molecule has 2 nitrogen and oxygen atoms in total. The Hall–Kier alpha value is -0.550. The van der Waals surface area contributed by atoms with Gasteiger partial charge < -0.3 is 5.32 Å². The highest BCUT2D eigenvalue weighted by Gasteiger charge is 2.14. The number of carbonyl (C=O) groups is 1. The highest BCUT2D eigenvalue weighted by atomic mass is 79.9. The first-order valence-corrected chi connectivity index (χ1v) is 7.53. The normalized spacial score (nSPS) is 10.3. The first-order chi connectivity index (χ1) is 8.97. The topological polar surface area (TPSA) is 29.1 Å². The van der Waals surface area contributed by atoms with Gasteiger partial charge >= 0.3 is 0 Å². The molecule has 0 spiro atoms. The van der Waals surface area contributed by atoms with Gasteiger partial charge in [0.2, 0.25) is 0 Å². The third kappa shape index (κ3) is 3.72. The van der Waals surface area contributed by atoms with Gasteiger partial charge in [-0.25, -0.2) is 0 Å². The average molecular weight is 424 g/mol. The number of nitrogens with one attached hydrogen (secondary N) is 1. The molecule has 0 fully saturated rings. The maximum Gasteiger partial charge on any atom is 0.256 e. The van der Waals surface area contributed by atoms with Crippen LogP contribution in [-0.2, 0) is 0 Å². The molecule has 2 aromatic carbocycles. The maximum absolute atomic E-state index is 12.2. The molecule has 6 heteroatoms. The fourth-order valence-electron chi connectivity index (χ4n) is 1.45. The minimum absolute atomic E-state index is 0.279. The molecule has 0 atom stereocenters. The Bertz CT molecular complexity index is 629. The van der Waals surface area contributed by atoms with E-state index >= 15 is 0 Å².